The molecule has 4 aromatic rings. The van der Waals surface area contributed by atoms with Crippen molar-refractivity contribution in [1.29, 1.82) is 0 Å². The molecule has 2 heterocycles. The first-order chi connectivity index (χ1) is 18.5. The van der Waals surface area contributed by atoms with Crippen LogP contribution in [0.15, 0.2) is 64.3 Å². The maximum absolute atomic E-state index is 13.4. The molecule has 0 aliphatic heterocycles. The molecule has 9 nitrogen and oxygen atoms in total. The number of anilines is 1. The van der Waals surface area contributed by atoms with Gasteiger partial charge in [0.2, 0.25) is 5.91 Å². The highest BCUT2D eigenvalue weighted by atomic mass is 35.5. The molecule has 0 radical (unpaired) electrons. The average molecular weight is 563 g/mol. The summed E-state index contributed by atoms with van der Waals surface area (Å²) in [7, 11) is 2.98. The van der Waals surface area contributed by atoms with Crippen LogP contribution in [0.5, 0.6) is 11.5 Å². The van der Waals surface area contributed by atoms with Crippen LogP contribution in [-0.4, -0.2) is 34.2 Å². The van der Waals surface area contributed by atoms with Gasteiger partial charge < -0.3 is 14.8 Å². The number of nitrogens with one attached hydrogen (secondary N) is 1. The molecule has 13 heteroatoms. The van der Waals surface area contributed by atoms with E-state index in [2.05, 4.69) is 10.3 Å². The van der Waals surface area contributed by atoms with Crippen molar-refractivity contribution in [1.82, 2.24) is 14.1 Å². The van der Waals surface area contributed by atoms with E-state index in [1.807, 2.05) is 0 Å². The van der Waals surface area contributed by atoms with Gasteiger partial charge in [0.15, 0.2) is 17.0 Å². The highest BCUT2D eigenvalue weighted by Crippen LogP contribution is 2.34. The van der Waals surface area contributed by atoms with Crippen molar-refractivity contribution in [3.63, 3.8) is 0 Å². The summed E-state index contributed by atoms with van der Waals surface area (Å²) >= 11 is 5.98. The number of methoxy groups -OCH3 is 2. The third-order valence-electron chi connectivity index (χ3n) is 5.93. The first-order valence-electron chi connectivity index (χ1n) is 11.5. The van der Waals surface area contributed by atoms with E-state index in [1.54, 1.807) is 18.2 Å². The van der Waals surface area contributed by atoms with Gasteiger partial charge in [0.1, 0.15) is 6.54 Å². The predicted octanol–water partition coefficient (Wildman–Crippen LogP) is 4.13. The summed E-state index contributed by atoms with van der Waals surface area (Å²) in [6.45, 7) is -0.648. The van der Waals surface area contributed by atoms with Crippen molar-refractivity contribution in [3.8, 4) is 11.5 Å². The van der Waals surface area contributed by atoms with Gasteiger partial charge in [-0.15, -0.1) is 0 Å². The number of carbonyl (C=O) groups is 1. The molecule has 0 aliphatic rings. The molecule has 0 unspecified atom stereocenters. The summed E-state index contributed by atoms with van der Waals surface area (Å²) in [5.74, 6) is 0.168. The summed E-state index contributed by atoms with van der Waals surface area (Å²) in [5.41, 5.74) is -1.90. The van der Waals surface area contributed by atoms with E-state index in [-0.39, 0.29) is 34.7 Å². The zero-order chi connectivity index (χ0) is 28.3. The molecule has 1 amide bonds. The monoisotopic (exact) mass is 562 g/mol. The molecule has 0 bridgehead atoms. The first kappa shape index (κ1) is 27.7. The standard InChI is InChI=1S/C26H22ClF3N4O5/c1-38-20-8-5-15(12-21(20)39-2)9-11-33-24(36)23-19(4-3-10-31-23)34(25(33)37)14-22(35)32-18-13-16(26(28,29)30)6-7-17(18)27/h3-8,10,12-13H,9,11,14H2,1-2H3,(H,32,35). The third kappa shape index (κ3) is 5.90. The number of rotatable bonds is 8. The number of ether oxygens (including phenoxy) is 2. The Morgan fingerprint density at radius 3 is 2.46 bits per heavy atom. The number of aromatic nitrogens is 3. The lowest BCUT2D eigenvalue weighted by molar-refractivity contribution is -0.137. The zero-order valence-corrected chi connectivity index (χ0v) is 21.5. The number of alkyl halides is 3. The number of pyridine rings is 1. The van der Waals surface area contributed by atoms with Gasteiger partial charge >= 0.3 is 11.9 Å². The normalized spacial score (nSPS) is 11.4. The lowest BCUT2D eigenvalue weighted by Gasteiger charge is -2.15. The molecule has 39 heavy (non-hydrogen) atoms. The van der Waals surface area contributed by atoms with E-state index in [4.69, 9.17) is 21.1 Å². The molecule has 0 atom stereocenters. The Bertz CT molecular complexity index is 1670. The van der Waals surface area contributed by atoms with Gasteiger partial charge in [0.05, 0.1) is 36.0 Å². The van der Waals surface area contributed by atoms with Gasteiger partial charge in [-0.1, -0.05) is 17.7 Å². The lowest BCUT2D eigenvalue weighted by atomic mass is 10.1. The van der Waals surface area contributed by atoms with Crippen LogP contribution in [0, 0.1) is 0 Å². The summed E-state index contributed by atoms with van der Waals surface area (Å²) in [5, 5.41) is 2.20. The second-order valence-electron chi connectivity index (χ2n) is 8.38. The van der Waals surface area contributed by atoms with E-state index in [9.17, 15) is 27.6 Å². The minimum atomic E-state index is -4.65. The molecule has 0 aliphatic carbocycles. The number of hydrogen-bond donors (Lipinski definition) is 1. The molecular formula is C26H22ClF3N4O5. The Kier molecular flexibility index (Phi) is 7.95. The second-order valence-corrected chi connectivity index (χ2v) is 8.78. The van der Waals surface area contributed by atoms with E-state index < -0.39 is 35.4 Å². The van der Waals surface area contributed by atoms with Gasteiger partial charge in [-0.25, -0.2) is 9.78 Å². The molecule has 0 saturated heterocycles. The number of nitrogens with zero attached hydrogens (tertiary/aromatic N) is 3. The SMILES string of the molecule is COc1ccc(CCn2c(=O)c3ncccc3n(CC(=O)Nc3cc(C(F)(F)F)ccc3Cl)c2=O)cc1OC. The highest BCUT2D eigenvalue weighted by Gasteiger charge is 2.31. The van der Waals surface area contributed by atoms with Crippen molar-refractivity contribution in [2.24, 2.45) is 0 Å². The van der Waals surface area contributed by atoms with Crippen LogP contribution in [0.4, 0.5) is 18.9 Å². The van der Waals surface area contributed by atoms with Crippen molar-refractivity contribution in [3.05, 3.63) is 91.7 Å². The van der Waals surface area contributed by atoms with Gasteiger partial charge in [0.25, 0.3) is 5.56 Å². The van der Waals surface area contributed by atoms with Crippen molar-refractivity contribution < 1.29 is 27.4 Å². The largest absolute Gasteiger partial charge is 0.493 e. The summed E-state index contributed by atoms with van der Waals surface area (Å²) in [6.07, 6.45) is -3.01. The van der Waals surface area contributed by atoms with Crippen LogP contribution in [0.25, 0.3) is 11.0 Å². The number of hydrogen-bond acceptors (Lipinski definition) is 6. The molecule has 0 saturated carbocycles. The van der Waals surface area contributed by atoms with Gasteiger partial charge in [-0.05, 0) is 54.4 Å². The second kappa shape index (κ2) is 11.2. The van der Waals surface area contributed by atoms with Crippen molar-refractivity contribution in [2.45, 2.75) is 25.7 Å². The fourth-order valence-electron chi connectivity index (χ4n) is 4.00. The Morgan fingerprint density at radius 1 is 1.03 bits per heavy atom. The number of aryl methyl sites for hydroxylation is 1. The number of amides is 1. The molecule has 2 aromatic heterocycles. The van der Waals surface area contributed by atoms with Crippen LogP contribution >= 0.6 is 11.6 Å². The quantitative estimate of drug-likeness (QED) is 0.346. The lowest BCUT2D eigenvalue weighted by Crippen LogP contribution is -2.42. The van der Waals surface area contributed by atoms with E-state index in [1.165, 1.54) is 32.5 Å². The average Bonchev–Trinajstić information content (AvgIpc) is 2.91. The van der Waals surface area contributed by atoms with E-state index >= 15 is 0 Å². The van der Waals surface area contributed by atoms with Crippen LogP contribution < -0.4 is 26.0 Å². The van der Waals surface area contributed by atoms with E-state index in [0.717, 1.165) is 26.8 Å². The molecule has 0 fully saturated rings. The maximum atomic E-state index is 13.4. The molecule has 2 aromatic carbocycles. The Balaban J connectivity index is 1.67. The molecule has 204 valence electrons. The summed E-state index contributed by atoms with van der Waals surface area (Å²) in [4.78, 5) is 43.4. The van der Waals surface area contributed by atoms with Crippen molar-refractivity contribution in [2.75, 3.05) is 19.5 Å². The fourth-order valence-corrected chi connectivity index (χ4v) is 4.17. The topological polar surface area (TPSA) is 104 Å². The minimum Gasteiger partial charge on any atom is -0.493 e. The molecular weight excluding hydrogens is 541 g/mol. The van der Waals surface area contributed by atoms with Crippen LogP contribution in [0.2, 0.25) is 5.02 Å². The zero-order valence-electron chi connectivity index (χ0n) is 20.7. The summed E-state index contributed by atoms with van der Waals surface area (Å²) < 4.78 is 51.9. The maximum Gasteiger partial charge on any atom is 0.416 e. The Hall–Kier alpha value is -4.32. The van der Waals surface area contributed by atoms with Crippen LogP contribution in [-0.2, 0) is 30.5 Å². The van der Waals surface area contributed by atoms with Crippen LogP contribution in [0.3, 0.4) is 0 Å². The Labute approximate surface area is 224 Å². The van der Waals surface area contributed by atoms with Crippen molar-refractivity contribution >= 4 is 34.2 Å². The molecule has 0 spiro atoms. The van der Waals surface area contributed by atoms with Gasteiger partial charge in [-0.3, -0.25) is 18.7 Å². The highest BCUT2D eigenvalue weighted by molar-refractivity contribution is 6.33. The smallest absolute Gasteiger partial charge is 0.416 e. The molecule has 1 N–H and O–H groups in total. The number of carbonyl (C=O) groups excluding carboxylic acids is 1. The molecule has 4 rings (SSSR count). The minimum absolute atomic E-state index is 0.0409. The predicted molar refractivity (Wildman–Crippen MR) is 139 cm³/mol. The van der Waals surface area contributed by atoms with Gasteiger partial charge in [-0.2, -0.15) is 13.2 Å². The van der Waals surface area contributed by atoms with E-state index in [0.29, 0.717) is 17.6 Å². The number of halogens is 4. The van der Waals surface area contributed by atoms with Gasteiger partial charge in [0, 0.05) is 12.7 Å². The first-order valence-corrected chi connectivity index (χ1v) is 11.9. The third-order valence-corrected chi connectivity index (χ3v) is 6.26. The fraction of sp³-hybridized carbons (Fsp3) is 0.231. The van der Waals surface area contributed by atoms with Crippen LogP contribution in [0.1, 0.15) is 11.1 Å². The summed E-state index contributed by atoms with van der Waals surface area (Å²) in [6, 6.07) is 10.6. The Morgan fingerprint density at radius 2 is 1.77 bits per heavy atom. The number of benzene rings is 2. The number of fused-ring (bicyclic) bond motifs is 1.